The summed E-state index contributed by atoms with van der Waals surface area (Å²) in [5, 5.41) is 8.26. The third-order valence-electron chi connectivity index (χ3n) is 15.5. The van der Waals surface area contributed by atoms with E-state index in [-0.39, 0.29) is 10.8 Å². The van der Waals surface area contributed by atoms with Crippen LogP contribution >= 0.6 is 0 Å². The number of fused-ring (bicyclic) bond motifs is 10. The van der Waals surface area contributed by atoms with Gasteiger partial charge in [0.05, 0.1) is 39.5 Å². The lowest BCUT2D eigenvalue weighted by atomic mass is 9.86. The summed E-state index contributed by atoms with van der Waals surface area (Å²) in [6, 6.07) is 82.5. The van der Waals surface area contributed by atoms with E-state index < -0.39 is 0 Å². The van der Waals surface area contributed by atoms with E-state index in [1.165, 1.54) is 0 Å². The molecular formula is C72H56N2O3. The maximum Gasteiger partial charge on any atom is 0.162 e. The molecule has 5 heteroatoms. The number of hydrogen-bond donors (Lipinski definition) is 0. The van der Waals surface area contributed by atoms with E-state index in [0.717, 1.165) is 144 Å². The van der Waals surface area contributed by atoms with Gasteiger partial charge < -0.3 is 23.1 Å². The molecule has 0 bridgehead atoms. The van der Waals surface area contributed by atoms with Crippen molar-refractivity contribution in [3.63, 3.8) is 0 Å². The van der Waals surface area contributed by atoms with Gasteiger partial charge >= 0.3 is 0 Å². The second-order valence-corrected chi connectivity index (χ2v) is 22.4. The number of nitrogens with zero attached hydrogens (tertiary/aromatic N) is 2. The topological polar surface area (TPSA) is 45.9 Å². The average Bonchev–Trinajstić information content (AvgIpc) is 4.38. The Labute approximate surface area is 447 Å². The molecule has 14 aromatic rings. The molecule has 0 atom stereocenters. The summed E-state index contributed by atoms with van der Waals surface area (Å²) in [5.41, 5.74) is 16.9. The van der Waals surface area contributed by atoms with Crippen LogP contribution in [0.15, 0.2) is 244 Å². The zero-order valence-electron chi connectivity index (χ0n) is 44.1. The monoisotopic (exact) mass is 996 g/mol. The molecule has 0 saturated carbocycles. The molecule has 11 aromatic carbocycles. The largest absolute Gasteiger partial charge is 0.454 e. The van der Waals surface area contributed by atoms with E-state index in [2.05, 4.69) is 282 Å². The normalized spacial score (nSPS) is 12.3. The van der Waals surface area contributed by atoms with Gasteiger partial charge in [0.2, 0.25) is 0 Å². The molecule has 0 aliphatic heterocycles. The van der Waals surface area contributed by atoms with Gasteiger partial charge in [-0.3, -0.25) is 0 Å². The first kappa shape index (κ1) is 46.2. The molecular weight excluding hydrogens is 941 g/mol. The van der Waals surface area contributed by atoms with Gasteiger partial charge in [-0.15, -0.1) is 0 Å². The molecule has 0 aliphatic rings. The van der Waals surface area contributed by atoms with Crippen LogP contribution in [0.5, 0.6) is 0 Å². The fraction of sp³-hybridized carbons (Fsp3) is 0.111. The lowest BCUT2D eigenvalue weighted by Crippen LogP contribution is -2.15. The van der Waals surface area contributed by atoms with Crippen LogP contribution < -0.4 is 9.80 Å². The SMILES string of the molecule is CC(C)(C)c1cccc2c1oc1c(N(c3ccccc3-c3ccccc3)c3c4ccccc4c(N(c4ccccc4-c4ccccc4)c4cccc5c4oc4c(C(C)(C)C)cccc45)c4c3oc3ccccc34)cccc12. The van der Waals surface area contributed by atoms with Gasteiger partial charge in [-0.25, -0.2) is 0 Å². The van der Waals surface area contributed by atoms with Crippen LogP contribution in [0.1, 0.15) is 52.7 Å². The molecule has 0 saturated heterocycles. The number of para-hydroxylation sites is 7. The molecule has 372 valence electrons. The number of benzene rings is 11. The van der Waals surface area contributed by atoms with Crippen LogP contribution in [0, 0.1) is 0 Å². The number of anilines is 6. The van der Waals surface area contributed by atoms with E-state index in [1.54, 1.807) is 0 Å². The van der Waals surface area contributed by atoms with Crippen LogP contribution in [0.3, 0.4) is 0 Å². The second-order valence-electron chi connectivity index (χ2n) is 22.4. The maximum atomic E-state index is 7.54. The summed E-state index contributed by atoms with van der Waals surface area (Å²) in [7, 11) is 0. The van der Waals surface area contributed by atoms with Crippen molar-refractivity contribution < 1.29 is 13.3 Å². The first-order valence-electron chi connectivity index (χ1n) is 26.7. The Bertz CT molecular complexity index is 4600. The van der Waals surface area contributed by atoms with Crippen molar-refractivity contribution in [3.05, 3.63) is 242 Å². The third kappa shape index (κ3) is 7.36. The van der Waals surface area contributed by atoms with Crippen LogP contribution in [0.2, 0.25) is 0 Å². The summed E-state index contributed by atoms with van der Waals surface area (Å²) < 4.78 is 22.2. The van der Waals surface area contributed by atoms with Gasteiger partial charge in [-0.05, 0) is 52.3 Å². The van der Waals surface area contributed by atoms with Crippen molar-refractivity contribution in [2.45, 2.75) is 52.4 Å². The van der Waals surface area contributed by atoms with Crippen LogP contribution in [0.4, 0.5) is 34.1 Å². The molecule has 0 N–H and O–H groups in total. The zero-order chi connectivity index (χ0) is 52.2. The Morgan fingerprint density at radius 1 is 0.273 bits per heavy atom. The number of furan rings is 3. The predicted molar refractivity (Wildman–Crippen MR) is 323 cm³/mol. The molecule has 0 unspecified atom stereocenters. The first-order valence-corrected chi connectivity index (χ1v) is 26.7. The Hall–Kier alpha value is -9.32. The molecule has 3 aromatic heterocycles. The highest BCUT2D eigenvalue weighted by molar-refractivity contribution is 6.30. The zero-order valence-corrected chi connectivity index (χ0v) is 44.1. The van der Waals surface area contributed by atoms with Gasteiger partial charge in [0.15, 0.2) is 16.7 Å². The third-order valence-corrected chi connectivity index (χ3v) is 15.5. The first-order chi connectivity index (χ1) is 37.5. The lowest BCUT2D eigenvalue weighted by molar-refractivity contribution is 0.572. The van der Waals surface area contributed by atoms with Crippen LogP contribution in [0.25, 0.3) is 98.8 Å². The highest BCUT2D eigenvalue weighted by Gasteiger charge is 2.34. The van der Waals surface area contributed by atoms with Crippen molar-refractivity contribution in [2.75, 3.05) is 9.80 Å². The molecule has 0 fully saturated rings. The quantitative estimate of drug-likeness (QED) is 0.142. The minimum Gasteiger partial charge on any atom is -0.454 e. The van der Waals surface area contributed by atoms with Gasteiger partial charge in [-0.2, -0.15) is 0 Å². The fourth-order valence-corrected chi connectivity index (χ4v) is 12.0. The summed E-state index contributed by atoms with van der Waals surface area (Å²) in [5.74, 6) is 0. The van der Waals surface area contributed by atoms with Crippen molar-refractivity contribution in [1.82, 2.24) is 0 Å². The van der Waals surface area contributed by atoms with E-state index in [4.69, 9.17) is 13.3 Å². The Balaban J connectivity index is 1.16. The summed E-state index contributed by atoms with van der Waals surface area (Å²) >= 11 is 0. The Morgan fingerprint density at radius 2 is 0.636 bits per heavy atom. The van der Waals surface area contributed by atoms with Crippen LogP contribution in [-0.4, -0.2) is 0 Å². The lowest BCUT2D eigenvalue weighted by Gasteiger charge is -2.33. The van der Waals surface area contributed by atoms with Gasteiger partial charge in [-0.1, -0.05) is 242 Å². The number of rotatable bonds is 8. The van der Waals surface area contributed by atoms with E-state index >= 15 is 0 Å². The van der Waals surface area contributed by atoms with Crippen molar-refractivity contribution >= 4 is 111 Å². The second kappa shape index (κ2) is 17.6. The Kier molecular flexibility index (Phi) is 10.6. The Morgan fingerprint density at radius 3 is 1.13 bits per heavy atom. The maximum absolute atomic E-state index is 7.54. The summed E-state index contributed by atoms with van der Waals surface area (Å²) in [6.07, 6.45) is 0. The smallest absolute Gasteiger partial charge is 0.162 e. The van der Waals surface area contributed by atoms with E-state index in [0.29, 0.717) is 0 Å². The molecule has 0 amide bonds. The highest BCUT2D eigenvalue weighted by atomic mass is 16.3. The molecule has 5 nitrogen and oxygen atoms in total. The fourth-order valence-electron chi connectivity index (χ4n) is 12.0. The number of hydrogen-bond acceptors (Lipinski definition) is 5. The molecule has 0 aliphatic carbocycles. The van der Waals surface area contributed by atoms with Crippen LogP contribution in [-0.2, 0) is 10.8 Å². The summed E-state index contributed by atoms with van der Waals surface area (Å²) in [4.78, 5) is 4.87. The standard InChI is InChI=1S/C72H56N2O3/c1-71(2,3)56-38-21-34-51-53-36-23-42-60(68(53)76-66(51)56)73(58-40-18-15-29-47(58)45-25-9-7-10-26-45)64-49-31-13-14-32-50(49)65(70-63(64)55-33-17-20-44-62(55)75-70)74(59-41-19-16-30-48(59)46-27-11-8-12-28-46)61-43-24-37-54-52-35-22-39-57(72(4,5)6)67(52)77-69(54)61/h7-44H,1-6H3. The minimum absolute atomic E-state index is 0.159. The van der Waals surface area contributed by atoms with Gasteiger partial charge in [0.25, 0.3) is 0 Å². The predicted octanol–water partition coefficient (Wildman–Crippen LogP) is 21.4. The molecule has 14 rings (SSSR count). The van der Waals surface area contributed by atoms with Gasteiger partial charge in [0, 0.05) is 60.0 Å². The van der Waals surface area contributed by atoms with Crippen molar-refractivity contribution in [3.8, 4) is 22.3 Å². The van der Waals surface area contributed by atoms with Crippen molar-refractivity contribution in [2.24, 2.45) is 0 Å². The van der Waals surface area contributed by atoms with E-state index in [9.17, 15) is 0 Å². The minimum atomic E-state index is -0.161. The summed E-state index contributed by atoms with van der Waals surface area (Å²) in [6.45, 7) is 13.5. The molecule has 0 spiro atoms. The molecule has 3 heterocycles. The molecule has 0 radical (unpaired) electrons. The highest BCUT2D eigenvalue weighted by Crippen LogP contribution is 2.57. The van der Waals surface area contributed by atoms with Gasteiger partial charge in [0.1, 0.15) is 16.7 Å². The average molecular weight is 997 g/mol. The molecule has 77 heavy (non-hydrogen) atoms. The van der Waals surface area contributed by atoms with Crippen molar-refractivity contribution in [1.29, 1.82) is 0 Å². The van der Waals surface area contributed by atoms with E-state index in [1.807, 2.05) is 0 Å².